The van der Waals surface area contributed by atoms with Gasteiger partial charge < -0.3 is 5.11 Å². The molecule has 4 nitrogen and oxygen atoms in total. The highest BCUT2D eigenvalue weighted by molar-refractivity contribution is 5.71. The fourth-order valence-corrected chi connectivity index (χ4v) is 3.16. The predicted octanol–water partition coefficient (Wildman–Crippen LogP) is 4.86. The number of aromatic nitrogens is 2. The molecule has 4 heteroatoms. The molecule has 2 aromatic carbocycles. The van der Waals surface area contributed by atoms with Crippen molar-refractivity contribution in [1.29, 1.82) is 0 Å². The molecule has 0 aliphatic rings. The van der Waals surface area contributed by atoms with Crippen LogP contribution in [0.3, 0.4) is 0 Å². The SMILES string of the molecule is CC(C)(C)c1ccc(CC(Cc2cc(-c3ccccc3)n[nH]2)C(=O)O)cc1. The standard InChI is InChI=1S/C23H26N2O2/c1-23(2,3)19-11-9-16(10-12-19)13-18(22(26)27)14-20-15-21(25-24-20)17-7-5-4-6-8-17/h4-12,15,18H,13-14H2,1-3H3,(H,24,25)(H,26,27). The molecular weight excluding hydrogens is 336 g/mol. The van der Waals surface area contributed by atoms with Gasteiger partial charge >= 0.3 is 5.97 Å². The molecule has 0 saturated heterocycles. The Morgan fingerprint density at radius 1 is 1.04 bits per heavy atom. The third-order valence-corrected chi connectivity index (χ3v) is 4.82. The third-order valence-electron chi connectivity index (χ3n) is 4.82. The van der Waals surface area contributed by atoms with Crippen molar-refractivity contribution in [1.82, 2.24) is 10.2 Å². The maximum atomic E-state index is 11.8. The van der Waals surface area contributed by atoms with Gasteiger partial charge in [0.2, 0.25) is 0 Å². The number of hydrogen-bond acceptors (Lipinski definition) is 2. The molecule has 0 fully saturated rings. The monoisotopic (exact) mass is 362 g/mol. The zero-order valence-electron chi connectivity index (χ0n) is 16.1. The van der Waals surface area contributed by atoms with Crippen molar-refractivity contribution in [3.63, 3.8) is 0 Å². The average Bonchev–Trinajstić information content (AvgIpc) is 3.10. The number of H-pyrrole nitrogens is 1. The number of nitrogens with zero attached hydrogens (tertiary/aromatic N) is 1. The van der Waals surface area contributed by atoms with Gasteiger partial charge in [-0.15, -0.1) is 0 Å². The van der Waals surface area contributed by atoms with Crippen molar-refractivity contribution in [2.45, 2.75) is 39.0 Å². The summed E-state index contributed by atoms with van der Waals surface area (Å²) in [5, 5.41) is 17.0. The highest BCUT2D eigenvalue weighted by Crippen LogP contribution is 2.24. The molecule has 27 heavy (non-hydrogen) atoms. The second-order valence-electron chi connectivity index (χ2n) is 8.03. The maximum absolute atomic E-state index is 11.8. The van der Waals surface area contributed by atoms with Gasteiger partial charge in [-0.3, -0.25) is 9.89 Å². The van der Waals surface area contributed by atoms with E-state index in [0.29, 0.717) is 12.8 Å². The van der Waals surface area contributed by atoms with E-state index in [-0.39, 0.29) is 5.41 Å². The Morgan fingerprint density at radius 3 is 2.30 bits per heavy atom. The van der Waals surface area contributed by atoms with Crippen molar-refractivity contribution >= 4 is 5.97 Å². The van der Waals surface area contributed by atoms with Crippen molar-refractivity contribution in [2.75, 3.05) is 0 Å². The number of nitrogens with one attached hydrogen (secondary N) is 1. The van der Waals surface area contributed by atoms with Gasteiger partial charge in [0.25, 0.3) is 0 Å². The van der Waals surface area contributed by atoms with Crippen molar-refractivity contribution in [3.8, 4) is 11.3 Å². The summed E-state index contributed by atoms with van der Waals surface area (Å²) in [5.41, 5.74) is 5.08. The molecule has 1 atom stereocenters. The van der Waals surface area contributed by atoms with E-state index in [1.807, 2.05) is 48.5 Å². The van der Waals surface area contributed by atoms with Crippen LogP contribution in [-0.2, 0) is 23.1 Å². The largest absolute Gasteiger partial charge is 0.481 e. The first-order chi connectivity index (χ1) is 12.8. The fourth-order valence-electron chi connectivity index (χ4n) is 3.16. The minimum atomic E-state index is -0.786. The lowest BCUT2D eigenvalue weighted by molar-refractivity contribution is -0.141. The molecule has 1 unspecified atom stereocenters. The van der Waals surface area contributed by atoms with Crippen LogP contribution in [0, 0.1) is 5.92 Å². The highest BCUT2D eigenvalue weighted by atomic mass is 16.4. The van der Waals surface area contributed by atoms with Crippen LogP contribution in [-0.4, -0.2) is 21.3 Å². The minimum Gasteiger partial charge on any atom is -0.481 e. The van der Waals surface area contributed by atoms with E-state index in [9.17, 15) is 9.90 Å². The zero-order valence-corrected chi connectivity index (χ0v) is 16.1. The molecule has 0 aliphatic carbocycles. The lowest BCUT2D eigenvalue weighted by Gasteiger charge is -2.19. The Balaban J connectivity index is 1.71. The van der Waals surface area contributed by atoms with Crippen LogP contribution in [0.1, 0.15) is 37.6 Å². The second kappa shape index (κ2) is 7.78. The number of benzene rings is 2. The smallest absolute Gasteiger partial charge is 0.307 e. The van der Waals surface area contributed by atoms with Gasteiger partial charge in [-0.25, -0.2) is 0 Å². The summed E-state index contributed by atoms with van der Waals surface area (Å²) >= 11 is 0. The topological polar surface area (TPSA) is 66.0 Å². The molecule has 0 saturated carbocycles. The normalized spacial score (nSPS) is 12.7. The summed E-state index contributed by atoms with van der Waals surface area (Å²) in [6.45, 7) is 6.51. The molecule has 140 valence electrons. The number of carbonyl (C=O) groups is 1. The molecule has 0 aliphatic heterocycles. The first-order valence-corrected chi connectivity index (χ1v) is 9.25. The van der Waals surface area contributed by atoms with E-state index < -0.39 is 11.9 Å². The number of aromatic amines is 1. The quantitative estimate of drug-likeness (QED) is 0.658. The third kappa shape index (κ3) is 4.85. The predicted molar refractivity (Wildman–Crippen MR) is 108 cm³/mol. The van der Waals surface area contributed by atoms with Gasteiger partial charge in [0, 0.05) is 17.7 Å². The van der Waals surface area contributed by atoms with Crippen LogP contribution in [0.2, 0.25) is 0 Å². The van der Waals surface area contributed by atoms with Gasteiger partial charge in [0.05, 0.1) is 11.6 Å². The van der Waals surface area contributed by atoms with E-state index in [0.717, 1.165) is 22.5 Å². The summed E-state index contributed by atoms with van der Waals surface area (Å²) in [7, 11) is 0. The molecular formula is C23H26N2O2. The van der Waals surface area contributed by atoms with Gasteiger partial charge in [-0.2, -0.15) is 5.10 Å². The first-order valence-electron chi connectivity index (χ1n) is 9.25. The number of aliphatic carboxylic acids is 1. The summed E-state index contributed by atoms with van der Waals surface area (Å²) in [5.74, 6) is -1.28. The van der Waals surface area contributed by atoms with Crippen LogP contribution in [0.4, 0.5) is 0 Å². The number of carboxylic acids is 1. The lowest BCUT2D eigenvalue weighted by Crippen LogP contribution is -2.19. The van der Waals surface area contributed by atoms with Crippen molar-refractivity contribution in [2.24, 2.45) is 5.92 Å². The van der Waals surface area contributed by atoms with Crippen LogP contribution in [0.5, 0.6) is 0 Å². The van der Waals surface area contributed by atoms with Gasteiger partial charge in [0.1, 0.15) is 0 Å². The number of hydrogen-bond donors (Lipinski definition) is 2. The van der Waals surface area contributed by atoms with E-state index in [4.69, 9.17) is 0 Å². The number of rotatable bonds is 6. The second-order valence-corrected chi connectivity index (χ2v) is 8.03. The lowest BCUT2D eigenvalue weighted by atomic mass is 9.85. The van der Waals surface area contributed by atoms with E-state index >= 15 is 0 Å². The van der Waals surface area contributed by atoms with Gasteiger partial charge in [-0.1, -0.05) is 75.4 Å². The van der Waals surface area contributed by atoms with Gasteiger partial charge in [0.15, 0.2) is 0 Å². The van der Waals surface area contributed by atoms with Crippen LogP contribution in [0.15, 0.2) is 60.7 Å². The van der Waals surface area contributed by atoms with Crippen LogP contribution >= 0.6 is 0 Å². The van der Waals surface area contributed by atoms with Gasteiger partial charge in [-0.05, 0) is 29.0 Å². The Bertz CT molecular complexity index is 890. The molecule has 0 radical (unpaired) electrons. The Hall–Kier alpha value is -2.88. The van der Waals surface area contributed by atoms with Crippen LogP contribution in [0.25, 0.3) is 11.3 Å². The summed E-state index contributed by atoms with van der Waals surface area (Å²) < 4.78 is 0. The summed E-state index contributed by atoms with van der Waals surface area (Å²) in [6, 6.07) is 20.1. The molecule has 2 N–H and O–H groups in total. The maximum Gasteiger partial charge on any atom is 0.307 e. The van der Waals surface area contributed by atoms with Crippen LogP contribution < -0.4 is 0 Å². The first kappa shape index (κ1) is 18.9. The van der Waals surface area contributed by atoms with E-state index in [1.165, 1.54) is 5.56 Å². The van der Waals surface area contributed by atoms with Crippen molar-refractivity contribution in [3.05, 3.63) is 77.5 Å². The summed E-state index contributed by atoms with van der Waals surface area (Å²) in [6.07, 6.45) is 0.926. The number of carboxylic acid groups (broad SMARTS) is 1. The summed E-state index contributed by atoms with van der Waals surface area (Å²) in [4.78, 5) is 11.8. The molecule has 3 rings (SSSR count). The zero-order chi connectivity index (χ0) is 19.4. The molecule has 0 amide bonds. The van der Waals surface area contributed by atoms with Crippen molar-refractivity contribution < 1.29 is 9.90 Å². The molecule has 1 heterocycles. The Morgan fingerprint density at radius 2 is 1.70 bits per heavy atom. The minimum absolute atomic E-state index is 0.0918. The highest BCUT2D eigenvalue weighted by Gasteiger charge is 2.21. The Kier molecular flexibility index (Phi) is 5.45. The molecule has 1 aromatic heterocycles. The fraction of sp³-hybridized carbons (Fsp3) is 0.304. The Labute approximate surface area is 160 Å². The molecule has 0 spiro atoms. The molecule has 3 aromatic rings. The average molecular weight is 362 g/mol. The van der Waals surface area contributed by atoms with E-state index in [2.05, 4.69) is 43.1 Å². The van der Waals surface area contributed by atoms with E-state index in [1.54, 1.807) is 0 Å². The molecule has 0 bridgehead atoms.